The van der Waals surface area contributed by atoms with Crippen LogP contribution in [-0.4, -0.2) is 19.6 Å². The Hall–Kier alpha value is -1.23. The number of benzene rings is 1. The van der Waals surface area contributed by atoms with Crippen LogP contribution >= 0.6 is 0 Å². The van der Waals surface area contributed by atoms with E-state index < -0.39 is 17.2 Å². The highest BCUT2D eigenvalue weighted by Gasteiger charge is 2.72. The monoisotopic (exact) mass is 231 g/mol. The number of hydrogen-bond acceptors (Lipinski definition) is 2. The molecule has 0 aliphatic heterocycles. The average Bonchev–Trinajstić information content (AvgIpc) is 2.82. The SMILES string of the molecule is COc1ccc(F)cc1C1(CN)CC1(F)F. The molecule has 1 aromatic rings. The first-order valence-corrected chi connectivity index (χ1v) is 4.89. The first kappa shape index (κ1) is 11.3. The molecular formula is C11H12F3NO. The minimum Gasteiger partial charge on any atom is -0.496 e. The van der Waals surface area contributed by atoms with Crippen LogP contribution in [0.1, 0.15) is 12.0 Å². The highest BCUT2D eigenvalue weighted by molar-refractivity contribution is 5.47. The summed E-state index contributed by atoms with van der Waals surface area (Å²) in [5.74, 6) is -3.18. The standard InChI is InChI=1S/C11H12F3NO/c1-16-9-3-2-7(12)4-8(9)10(6-15)5-11(10,13)14/h2-4H,5-6,15H2,1H3. The van der Waals surface area contributed by atoms with Crippen LogP contribution in [0.25, 0.3) is 0 Å². The van der Waals surface area contributed by atoms with Gasteiger partial charge in [0.05, 0.1) is 12.5 Å². The molecule has 1 aromatic carbocycles. The lowest BCUT2D eigenvalue weighted by Gasteiger charge is -2.17. The van der Waals surface area contributed by atoms with Gasteiger partial charge in [0.1, 0.15) is 11.6 Å². The van der Waals surface area contributed by atoms with E-state index in [-0.39, 0.29) is 24.3 Å². The molecule has 16 heavy (non-hydrogen) atoms. The predicted molar refractivity (Wildman–Crippen MR) is 53.2 cm³/mol. The zero-order chi connectivity index (χ0) is 12.0. The van der Waals surface area contributed by atoms with Crippen LogP contribution in [0.4, 0.5) is 13.2 Å². The highest BCUT2D eigenvalue weighted by atomic mass is 19.3. The summed E-state index contributed by atoms with van der Waals surface area (Å²) >= 11 is 0. The van der Waals surface area contributed by atoms with Crippen molar-refractivity contribution in [2.24, 2.45) is 5.73 Å². The molecule has 0 amide bonds. The topological polar surface area (TPSA) is 35.2 Å². The molecule has 88 valence electrons. The van der Waals surface area contributed by atoms with E-state index in [0.717, 1.165) is 6.07 Å². The van der Waals surface area contributed by atoms with Gasteiger partial charge in [-0.2, -0.15) is 0 Å². The zero-order valence-corrected chi connectivity index (χ0v) is 8.77. The molecule has 1 aliphatic carbocycles. The van der Waals surface area contributed by atoms with E-state index in [1.54, 1.807) is 0 Å². The lowest BCUT2D eigenvalue weighted by molar-refractivity contribution is 0.0888. The molecule has 0 bridgehead atoms. The van der Waals surface area contributed by atoms with E-state index >= 15 is 0 Å². The maximum atomic E-state index is 13.3. The van der Waals surface area contributed by atoms with Crippen molar-refractivity contribution in [1.29, 1.82) is 0 Å². The maximum absolute atomic E-state index is 13.3. The second kappa shape index (κ2) is 3.38. The second-order valence-electron chi connectivity index (χ2n) is 4.01. The van der Waals surface area contributed by atoms with Gasteiger partial charge in [-0.25, -0.2) is 13.2 Å². The van der Waals surface area contributed by atoms with Crippen LogP contribution in [0.5, 0.6) is 5.75 Å². The molecule has 2 nitrogen and oxygen atoms in total. The van der Waals surface area contributed by atoms with E-state index in [1.165, 1.54) is 19.2 Å². The van der Waals surface area contributed by atoms with Crippen molar-refractivity contribution in [3.63, 3.8) is 0 Å². The van der Waals surface area contributed by atoms with E-state index in [1.807, 2.05) is 0 Å². The van der Waals surface area contributed by atoms with Crippen molar-refractivity contribution in [2.75, 3.05) is 13.7 Å². The molecule has 1 saturated carbocycles. The van der Waals surface area contributed by atoms with Gasteiger partial charge in [-0.15, -0.1) is 0 Å². The van der Waals surface area contributed by atoms with Crippen LogP contribution in [0.3, 0.4) is 0 Å². The highest BCUT2D eigenvalue weighted by Crippen LogP contribution is 2.62. The Bertz CT molecular complexity index is 422. The summed E-state index contributed by atoms with van der Waals surface area (Å²) in [6, 6.07) is 3.59. The summed E-state index contributed by atoms with van der Waals surface area (Å²) in [6.07, 6.45) is -0.351. The first-order valence-electron chi connectivity index (χ1n) is 4.89. The van der Waals surface area contributed by atoms with Crippen molar-refractivity contribution < 1.29 is 17.9 Å². The van der Waals surface area contributed by atoms with Gasteiger partial charge >= 0.3 is 0 Å². The molecule has 1 aliphatic rings. The summed E-state index contributed by atoms with van der Waals surface area (Å²) in [6.45, 7) is -0.222. The fourth-order valence-corrected chi connectivity index (χ4v) is 2.01. The second-order valence-corrected chi connectivity index (χ2v) is 4.01. The third-order valence-electron chi connectivity index (χ3n) is 3.12. The van der Waals surface area contributed by atoms with Crippen molar-refractivity contribution in [3.8, 4) is 5.75 Å². The van der Waals surface area contributed by atoms with Gasteiger partial charge in [0.2, 0.25) is 0 Å². The fraction of sp³-hybridized carbons (Fsp3) is 0.455. The van der Waals surface area contributed by atoms with Gasteiger partial charge in [-0.3, -0.25) is 0 Å². The minimum absolute atomic E-state index is 0.155. The molecule has 0 heterocycles. The number of halogens is 3. The van der Waals surface area contributed by atoms with Gasteiger partial charge in [-0.1, -0.05) is 0 Å². The Morgan fingerprint density at radius 1 is 1.44 bits per heavy atom. The molecule has 5 heteroatoms. The largest absolute Gasteiger partial charge is 0.496 e. The lowest BCUT2D eigenvalue weighted by atomic mass is 9.94. The van der Waals surface area contributed by atoms with Crippen LogP contribution in [0, 0.1) is 5.82 Å². The molecular weight excluding hydrogens is 219 g/mol. The van der Waals surface area contributed by atoms with Crippen molar-refractivity contribution in [2.45, 2.75) is 17.8 Å². The number of methoxy groups -OCH3 is 1. The maximum Gasteiger partial charge on any atom is 0.260 e. The number of hydrogen-bond donors (Lipinski definition) is 1. The molecule has 1 fully saturated rings. The molecule has 1 atom stereocenters. The number of ether oxygens (including phenoxy) is 1. The van der Waals surface area contributed by atoms with Crippen molar-refractivity contribution in [3.05, 3.63) is 29.6 Å². The average molecular weight is 231 g/mol. The lowest BCUT2D eigenvalue weighted by Crippen LogP contribution is -2.27. The molecule has 0 radical (unpaired) electrons. The third-order valence-corrected chi connectivity index (χ3v) is 3.12. The van der Waals surface area contributed by atoms with Crippen LogP contribution in [0.2, 0.25) is 0 Å². The summed E-state index contributed by atoms with van der Waals surface area (Å²) in [7, 11) is 1.36. The van der Waals surface area contributed by atoms with Crippen LogP contribution in [0.15, 0.2) is 18.2 Å². The molecule has 0 spiro atoms. The quantitative estimate of drug-likeness (QED) is 0.864. The Balaban J connectivity index is 2.51. The number of nitrogens with two attached hydrogens (primary N) is 1. The van der Waals surface area contributed by atoms with Crippen molar-refractivity contribution in [1.82, 2.24) is 0 Å². The van der Waals surface area contributed by atoms with E-state index in [4.69, 9.17) is 10.5 Å². The predicted octanol–water partition coefficient (Wildman–Crippen LogP) is 2.07. The summed E-state index contributed by atoms with van der Waals surface area (Å²) < 4.78 is 44.7. The Morgan fingerprint density at radius 3 is 2.50 bits per heavy atom. The van der Waals surface area contributed by atoms with Crippen LogP contribution in [-0.2, 0) is 5.41 Å². The zero-order valence-electron chi connectivity index (χ0n) is 8.77. The summed E-state index contributed by atoms with van der Waals surface area (Å²) in [4.78, 5) is 0. The van der Waals surface area contributed by atoms with E-state index in [9.17, 15) is 13.2 Å². The van der Waals surface area contributed by atoms with Gasteiger partial charge in [0.25, 0.3) is 5.92 Å². The van der Waals surface area contributed by atoms with Gasteiger partial charge in [0, 0.05) is 18.5 Å². The Morgan fingerprint density at radius 2 is 2.06 bits per heavy atom. The Labute approximate surface area is 91.2 Å². The summed E-state index contributed by atoms with van der Waals surface area (Å²) in [5, 5.41) is 0. The summed E-state index contributed by atoms with van der Waals surface area (Å²) in [5.41, 5.74) is 4.09. The third kappa shape index (κ3) is 1.38. The molecule has 0 saturated heterocycles. The molecule has 2 N–H and O–H groups in total. The first-order chi connectivity index (χ1) is 7.47. The smallest absolute Gasteiger partial charge is 0.260 e. The van der Waals surface area contributed by atoms with E-state index in [0.29, 0.717) is 0 Å². The van der Waals surface area contributed by atoms with Gasteiger partial charge in [-0.05, 0) is 18.2 Å². The number of rotatable bonds is 3. The van der Waals surface area contributed by atoms with Gasteiger partial charge in [0.15, 0.2) is 0 Å². The number of alkyl halides is 2. The molecule has 0 aromatic heterocycles. The minimum atomic E-state index is -2.87. The van der Waals surface area contributed by atoms with E-state index in [2.05, 4.69) is 0 Å². The molecule has 1 unspecified atom stereocenters. The fourth-order valence-electron chi connectivity index (χ4n) is 2.01. The van der Waals surface area contributed by atoms with Crippen molar-refractivity contribution >= 4 is 0 Å². The Kier molecular flexibility index (Phi) is 2.38. The normalized spacial score (nSPS) is 26.6. The molecule has 2 rings (SSSR count). The van der Waals surface area contributed by atoms with Gasteiger partial charge < -0.3 is 10.5 Å². The van der Waals surface area contributed by atoms with Crippen LogP contribution < -0.4 is 10.5 Å².